The summed E-state index contributed by atoms with van der Waals surface area (Å²) in [4.78, 5) is 1.34. The third kappa shape index (κ3) is 6.91. The highest BCUT2D eigenvalue weighted by Crippen LogP contribution is 2.30. The zero-order valence-corrected chi connectivity index (χ0v) is 23.4. The molecule has 0 unspecified atom stereocenters. The molecule has 0 aliphatic carbocycles. The van der Waals surface area contributed by atoms with Crippen LogP contribution in [0.3, 0.4) is 0 Å². The minimum atomic E-state index is -4.20. The molecule has 0 spiro atoms. The lowest BCUT2D eigenvalue weighted by molar-refractivity contribution is 0.382. The number of benzene rings is 3. The van der Waals surface area contributed by atoms with Gasteiger partial charge in [-0.15, -0.1) is 4.40 Å². The molecule has 0 saturated heterocycles. The standard InChI is InChI=1S/C25H25Cl2N5O4S2/c1-31(15-16-37(28,33)34)25(30-38(35,36)22-13-11-21(27)12-14-22)32-17-23(18-5-3-2-4-6-18)24(29-32)19-7-9-20(26)10-8-19/h2-14,23H,15-17H2,1H3,(H2,28,33,34)/b30-25-/t23-/m0/s1. The summed E-state index contributed by atoms with van der Waals surface area (Å²) < 4.78 is 53.9. The van der Waals surface area contributed by atoms with Crippen molar-refractivity contribution >= 4 is 54.9 Å². The fourth-order valence-corrected chi connectivity index (χ4v) is 5.71. The van der Waals surface area contributed by atoms with Crippen molar-refractivity contribution in [3.05, 3.63) is 100 Å². The smallest absolute Gasteiger partial charge is 0.285 e. The summed E-state index contributed by atoms with van der Waals surface area (Å²) in [6, 6.07) is 22.4. The molecule has 38 heavy (non-hydrogen) atoms. The van der Waals surface area contributed by atoms with Gasteiger partial charge in [0.15, 0.2) is 0 Å². The van der Waals surface area contributed by atoms with Crippen LogP contribution in [0.1, 0.15) is 17.0 Å². The molecule has 3 aromatic carbocycles. The van der Waals surface area contributed by atoms with Crippen LogP contribution in [0.15, 0.2) is 93.3 Å². The van der Waals surface area contributed by atoms with Crippen LogP contribution in [0.2, 0.25) is 10.0 Å². The van der Waals surface area contributed by atoms with Crippen molar-refractivity contribution in [2.75, 3.05) is 25.9 Å². The van der Waals surface area contributed by atoms with Crippen LogP contribution in [-0.4, -0.2) is 64.3 Å². The van der Waals surface area contributed by atoms with Crippen LogP contribution in [0, 0.1) is 0 Å². The van der Waals surface area contributed by atoms with E-state index in [2.05, 4.69) is 4.40 Å². The zero-order chi connectivity index (χ0) is 27.5. The highest BCUT2D eigenvalue weighted by molar-refractivity contribution is 7.90. The summed E-state index contributed by atoms with van der Waals surface area (Å²) in [5.74, 6) is -0.686. The zero-order valence-electron chi connectivity index (χ0n) is 20.3. The average molecular weight is 595 g/mol. The number of sulfonamides is 2. The summed E-state index contributed by atoms with van der Waals surface area (Å²) >= 11 is 12.0. The number of nitrogens with zero attached hydrogens (tertiary/aromatic N) is 4. The van der Waals surface area contributed by atoms with E-state index in [0.717, 1.165) is 11.1 Å². The Morgan fingerprint density at radius 3 is 2.13 bits per heavy atom. The van der Waals surface area contributed by atoms with Gasteiger partial charge in [-0.3, -0.25) is 0 Å². The number of primary sulfonamides is 1. The van der Waals surface area contributed by atoms with E-state index in [9.17, 15) is 16.8 Å². The number of guanidine groups is 1. The lowest BCUT2D eigenvalue weighted by Gasteiger charge is -2.26. The number of halogens is 2. The summed E-state index contributed by atoms with van der Waals surface area (Å²) in [5.41, 5.74) is 2.46. The van der Waals surface area contributed by atoms with Gasteiger partial charge in [-0.25, -0.2) is 18.6 Å². The molecule has 1 atom stereocenters. The van der Waals surface area contributed by atoms with Gasteiger partial charge in [0.1, 0.15) is 0 Å². The Morgan fingerprint density at radius 2 is 1.55 bits per heavy atom. The monoisotopic (exact) mass is 593 g/mol. The molecule has 0 radical (unpaired) electrons. The molecule has 0 amide bonds. The Bertz CT molecular complexity index is 1560. The maximum Gasteiger partial charge on any atom is 0.285 e. The molecule has 0 fully saturated rings. The van der Waals surface area contributed by atoms with E-state index in [4.69, 9.17) is 33.4 Å². The van der Waals surface area contributed by atoms with E-state index in [1.165, 1.54) is 41.2 Å². The van der Waals surface area contributed by atoms with Gasteiger partial charge >= 0.3 is 0 Å². The third-order valence-electron chi connectivity index (χ3n) is 5.85. The van der Waals surface area contributed by atoms with Crippen LogP contribution < -0.4 is 5.14 Å². The van der Waals surface area contributed by atoms with Gasteiger partial charge in [0.2, 0.25) is 16.0 Å². The molecular weight excluding hydrogens is 569 g/mol. The van der Waals surface area contributed by atoms with Crippen molar-refractivity contribution in [2.24, 2.45) is 14.6 Å². The van der Waals surface area contributed by atoms with Crippen LogP contribution in [0.5, 0.6) is 0 Å². The Kier molecular flexibility index (Phi) is 8.43. The fourth-order valence-electron chi connectivity index (χ4n) is 3.90. The molecule has 9 nitrogen and oxygen atoms in total. The topological polar surface area (TPSA) is 125 Å². The van der Waals surface area contributed by atoms with Crippen LogP contribution in [0.25, 0.3) is 0 Å². The molecule has 1 aliphatic heterocycles. The highest BCUT2D eigenvalue weighted by atomic mass is 35.5. The lowest BCUT2D eigenvalue weighted by Crippen LogP contribution is -2.42. The molecule has 1 aliphatic rings. The second kappa shape index (κ2) is 11.4. The second-order valence-electron chi connectivity index (χ2n) is 8.65. The van der Waals surface area contributed by atoms with Gasteiger partial charge in [0.25, 0.3) is 10.0 Å². The first-order valence-electron chi connectivity index (χ1n) is 11.4. The van der Waals surface area contributed by atoms with E-state index in [1.54, 1.807) is 12.1 Å². The maximum atomic E-state index is 13.3. The molecular formula is C25H25Cl2N5O4S2. The normalized spacial score (nSPS) is 16.4. The van der Waals surface area contributed by atoms with Gasteiger partial charge in [-0.05, 0) is 47.5 Å². The molecule has 2 N–H and O–H groups in total. The van der Waals surface area contributed by atoms with E-state index < -0.39 is 25.8 Å². The van der Waals surface area contributed by atoms with Crippen LogP contribution in [0.4, 0.5) is 0 Å². The first-order valence-corrected chi connectivity index (χ1v) is 15.3. The first kappa shape index (κ1) is 28.1. The summed E-state index contributed by atoms with van der Waals surface area (Å²) in [5, 5.41) is 12.4. The molecule has 1 heterocycles. The molecule has 0 aromatic heterocycles. The Morgan fingerprint density at radius 1 is 0.974 bits per heavy atom. The summed E-state index contributed by atoms with van der Waals surface area (Å²) in [7, 11) is -6.48. The van der Waals surface area contributed by atoms with E-state index in [-0.39, 0.29) is 29.9 Å². The predicted octanol–water partition coefficient (Wildman–Crippen LogP) is 3.76. The van der Waals surface area contributed by atoms with Crippen LogP contribution >= 0.6 is 23.2 Å². The molecule has 13 heteroatoms. The second-order valence-corrected chi connectivity index (χ2v) is 12.9. The Labute approximate surface area is 232 Å². The van der Waals surface area contributed by atoms with Crippen molar-refractivity contribution in [1.29, 1.82) is 0 Å². The highest BCUT2D eigenvalue weighted by Gasteiger charge is 2.34. The average Bonchev–Trinajstić information content (AvgIpc) is 3.32. The molecule has 0 saturated carbocycles. The van der Waals surface area contributed by atoms with Crippen molar-refractivity contribution in [1.82, 2.24) is 9.91 Å². The lowest BCUT2D eigenvalue weighted by atomic mass is 9.91. The van der Waals surface area contributed by atoms with Gasteiger partial charge in [-0.2, -0.15) is 13.5 Å². The Balaban J connectivity index is 1.80. The number of hydrogen-bond acceptors (Lipinski definition) is 5. The van der Waals surface area contributed by atoms with Gasteiger partial charge in [0.05, 0.1) is 22.9 Å². The summed E-state index contributed by atoms with van der Waals surface area (Å²) in [6.45, 7) is 0.156. The maximum absolute atomic E-state index is 13.3. The Hall–Kier alpha value is -2.96. The molecule has 0 bridgehead atoms. The number of nitrogens with two attached hydrogens (primary N) is 1. The van der Waals surface area contributed by atoms with E-state index in [0.29, 0.717) is 15.8 Å². The SMILES string of the molecule is CN(CCS(N)(=O)=O)/C(=N/S(=O)(=O)c1ccc(Cl)cc1)N1C[C@@H](c2ccccc2)C(c2ccc(Cl)cc2)=N1. The predicted molar refractivity (Wildman–Crippen MR) is 151 cm³/mol. The van der Waals surface area contributed by atoms with Gasteiger partial charge < -0.3 is 4.90 Å². The first-order chi connectivity index (χ1) is 17.9. The van der Waals surface area contributed by atoms with Gasteiger partial charge in [-0.1, -0.05) is 65.7 Å². The number of hydrogen-bond donors (Lipinski definition) is 1. The minimum Gasteiger partial charge on any atom is -0.342 e. The quantitative estimate of drug-likeness (QED) is 0.328. The van der Waals surface area contributed by atoms with Crippen LogP contribution in [-0.2, 0) is 20.0 Å². The number of rotatable bonds is 7. The van der Waals surface area contributed by atoms with Gasteiger partial charge in [0, 0.05) is 29.6 Å². The minimum absolute atomic E-state index is 0.0477. The van der Waals surface area contributed by atoms with Crippen molar-refractivity contribution in [2.45, 2.75) is 10.8 Å². The van der Waals surface area contributed by atoms with Crippen molar-refractivity contribution in [3.63, 3.8) is 0 Å². The largest absolute Gasteiger partial charge is 0.342 e. The number of hydrazone groups is 1. The third-order valence-corrected chi connectivity index (χ3v) is 8.38. The van der Waals surface area contributed by atoms with Crippen molar-refractivity contribution < 1.29 is 16.8 Å². The fraction of sp³-hybridized carbons (Fsp3) is 0.200. The van der Waals surface area contributed by atoms with Crippen molar-refractivity contribution in [3.8, 4) is 0 Å². The molecule has 3 aromatic rings. The van der Waals surface area contributed by atoms with E-state index in [1.807, 2.05) is 42.5 Å². The summed E-state index contributed by atoms with van der Waals surface area (Å²) in [6.07, 6.45) is 0. The molecule has 200 valence electrons. The molecule has 4 rings (SSSR count). The van der Waals surface area contributed by atoms with E-state index >= 15 is 0 Å².